The van der Waals surface area contributed by atoms with Crippen molar-refractivity contribution < 1.29 is 18.5 Å². The van der Waals surface area contributed by atoms with Crippen LogP contribution in [0, 0.1) is 19.8 Å². The van der Waals surface area contributed by atoms with Crippen LogP contribution in [0.15, 0.2) is 21.3 Å². The van der Waals surface area contributed by atoms with Gasteiger partial charge in [-0.3, -0.25) is 4.79 Å². The number of hydrogen-bond acceptors (Lipinski definition) is 6. The minimum Gasteiger partial charge on any atom is -0.469 e. The van der Waals surface area contributed by atoms with Crippen LogP contribution in [0.4, 0.5) is 0 Å². The van der Waals surface area contributed by atoms with E-state index in [9.17, 15) is 4.79 Å². The van der Waals surface area contributed by atoms with Crippen molar-refractivity contribution in [2.45, 2.75) is 32.7 Å². The number of amides is 1. The molecule has 7 nitrogen and oxygen atoms in total. The van der Waals surface area contributed by atoms with Crippen molar-refractivity contribution in [3.05, 3.63) is 35.4 Å². The standard InChI is InChI=1S/C15H19N3O4/c1-9-12(5-8-21-9)14(19)17-13(11-3-6-20-7-4-11)15-16-10(2)18-22-15/h5,8,11,13H,3-4,6-7H2,1-2H3,(H,17,19)/t13-/m0/s1. The van der Waals surface area contributed by atoms with Crippen LogP contribution in [0.1, 0.15) is 46.7 Å². The van der Waals surface area contributed by atoms with Gasteiger partial charge in [-0.05, 0) is 38.7 Å². The van der Waals surface area contributed by atoms with Crippen molar-refractivity contribution in [2.24, 2.45) is 5.92 Å². The van der Waals surface area contributed by atoms with Crippen molar-refractivity contribution >= 4 is 5.91 Å². The number of hydrogen-bond donors (Lipinski definition) is 1. The van der Waals surface area contributed by atoms with Gasteiger partial charge in [-0.2, -0.15) is 4.98 Å². The second-order valence-electron chi connectivity index (χ2n) is 5.47. The Labute approximate surface area is 128 Å². The molecule has 3 rings (SSSR count). The van der Waals surface area contributed by atoms with E-state index in [-0.39, 0.29) is 17.9 Å². The number of aromatic nitrogens is 2. The van der Waals surface area contributed by atoms with Crippen LogP contribution < -0.4 is 5.32 Å². The summed E-state index contributed by atoms with van der Waals surface area (Å²) < 4.78 is 15.9. The van der Waals surface area contributed by atoms with Crippen molar-refractivity contribution in [1.82, 2.24) is 15.5 Å². The molecule has 1 fully saturated rings. The van der Waals surface area contributed by atoms with Gasteiger partial charge in [0, 0.05) is 13.2 Å². The first-order valence-electron chi connectivity index (χ1n) is 7.38. The lowest BCUT2D eigenvalue weighted by Gasteiger charge is -2.28. The molecular formula is C15H19N3O4. The summed E-state index contributed by atoms with van der Waals surface area (Å²) in [7, 11) is 0. The molecule has 0 aliphatic carbocycles. The van der Waals surface area contributed by atoms with Gasteiger partial charge in [-0.1, -0.05) is 5.16 Å². The number of aryl methyl sites for hydroxylation is 2. The van der Waals surface area contributed by atoms with E-state index in [1.807, 2.05) is 0 Å². The van der Waals surface area contributed by atoms with Gasteiger partial charge in [-0.25, -0.2) is 0 Å². The number of carbonyl (C=O) groups is 1. The van der Waals surface area contributed by atoms with E-state index in [2.05, 4.69) is 15.5 Å². The van der Waals surface area contributed by atoms with Gasteiger partial charge in [0.15, 0.2) is 5.82 Å². The smallest absolute Gasteiger partial charge is 0.255 e. The van der Waals surface area contributed by atoms with Gasteiger partial charge in [0.05, 0.1) is 11.8 Å². The highest BCUT2D eigenvalue weighted by molar-refractivity contribution is 5.95. The summed E-state index contributed by atoms with van der Waals surface area (Å²) in [5, 5.41) is 6.84. The molecule has 3 heterocycles. The SMILES string of the molecule is Cc1noc([C@@H](NC(=O)c2ccoc2C)C2CCOCC2)n1. The van der Waals surface area contributed by atoms with Crippen LogP contribution in [-0.4, -0.2) is 29.3 Å². The van der Waals surface area contributed by atoms with Crippen LogP contribution in [0.5, 0.6) is 0 Å². The number of carbonyl (C=O) groups excluding carboxylic acids is 1. The Bertz CT molecular complexity index is 643. The molecule has 2 aromatic heterocycles. The van der Waals surface area contributed by atoms with Crippen LogP contribution in [0.3, 0.4) is 0 Å². The van der Waals surface area contributed by atoms with Crippen molar-refractivity contribution in [3.63, 3.8) is 0 Å². The molecule has 0 saturated carbocycles. The Hall–Kier alpha value is -2.15. The van der Waals surface area contributed by atoms with Gasteiger partial charge in [0.2, 0.25) is 5.89 Å². The molecule has 0 unspecified atom stereocenters. The lowest BCUT2D eigenvalue weighted by atomic mass is 9.91. The molecule has 2 aromatic rings. The minimum absolute atomic E-state index is 0.196. The van der Waals surface area contributed by atoms with Crippen LogP contribution in [0.25, 0.3) is 0 Å². The molecule has 1 aliphatic rings. The van der Waals surface area contributed by atoms with Gasteiger partial charge in [0.25, 0.3) is 5.91 Å². The third-order valence-electron chi connectivity index (χ3n) is 3.94. The maximum Gasteiger partial charge on any atom is 0.255 e. The average molecular weight is 305 g/mol. The highest BCUT2D eigenvalue weighted by Gasteiger charge is 2.31. The van der Waals surface area contributed by atoms with E-state index < -0.39 is 0 Å². The zero-order valence-corrected chi connectivity index (χ0v) is 12.7. The molecule has 1 N–H and O–H groups in total. The number of furan rings is 1. The van der Waals surface area contributed by atoms with Crippen molar-refractivity contribution in [2.75, 3.05) is 13.2 Å². The molecule has 1 saturated heterocycles. The van der Waals surface area contributed by atoms with E-state index in [1.54, 1.807) is 19.9 Å². The van der Waals surface area contributed by atoms with Crippen LogP contribution >= 0.6 is 0 Å². The number of ether oxygens (including phenoxy) is 1. The van der Waals surface area contributed by atoms with E-state index in [1.165, 1.54) is 6.26 Å². The average Bonchev–Trinajstić information content (AvgIpc) is 3.14. The molecular weight excluding hydrogens is 286 g/mol. The Balaban J connectivity index is 1.82. The van der Waals surface area contributed by atoms with Crippen LogP contribution in [-0.2, 0) is 4.74 Å². The molecule has 0 spiro atoms. The fourth-order valence-electron chi connectivity index (χ4n) is 2.71. The molecule has 0 aromatic carbocycles. The van der Waals surface area contributed by atoms with Gasteiger partial charge >= 0.3 is 0 Å². The van der Waals surface area contributed by atoms with Gasteiger partial charge in [0.1, 0.15) is 11.8 Å². The zero-order valence-electron chi connectivity index (χ0n) is 12.7. The Morgan fingerprint density at radius 2 is 2.14 bits per heavy atom. The molecule has 7 heteroatoms. The molecule has 22 heavy (non-hydrogen) atoms. The second kappa shape index (κ2) is 6.31. The minimum atomic E-state index is -0.313. The number of rotatable bonds is 4. The monoisotopic (exact) mass is 305 g/mol. The highest BCUT2D eigenvalue weighted by Crippen LogP contribution is 2.29. The summed E-state index contributed by atoms with van der Waals surface area (Å²) in [6.45, 7) is 4.87. The van der Waals surface area contributed by atoms with Crippen molar-refractivity contribution in [3.8, 4) is 0 Å². The van der Waals surface area contributed by atoms with E-state index in [0.717, 1.165) is 12.8 Å². The first-order valence-corrected chi connectivity index (χ1v) is 7.38. The molecule has 1 atom stereocenters. The fourth-order valence-corrected chi connectivity index (χ4v) is 2.71. The van der Waals surface area contributed by atoms with Crippen molar-refractivity contribution in [1.29, 1.82) is 0 Å². The van der Waals surface area contributed by atoms with E-state index >= 15 is 0 Å². The lowest BCUT2D eigenvalue weighted by Crippen LogP contribution is -2.36. The largest absolute Gasteiger partial charge is 0.469 e. The Morgan fingerprint density at radius 3 is 2.73 bits per heavy atom. The Kier molecular flexibility index (Phi) is 4.24. The molecule has 1 amide bonds. The summed E-state index contributed by atoms with van der Waals surface area (Å²) >= 11 is 0. The molecule has 0 bridgehead atoms. The number of nitrogens with zero attached hydrogens (tertiary/aromatic N) is 2. The second-order valence-corrected chi connectivity index (χ2v) is 5.47. The summed E-state index contributed by atoms with van der Waals surface area (Å²) in [4.78, 5) is 16.8. The summed E-state index contributed by atoms with van der Waals surface area (Å²) in [6.07, 6.45) is 3.19. The van der Waals surface area contributed by atoms with E-state index in [0.29, 0.717) is 36.3 Å². The third kappa shape index (κ3) is 3.04. The highest BCUT2D eigenvalue weighted by atomic mass is 16.5. The fraction of sp³-hybridized carbons (Fsp3) is 0.533. The van der Waals surface area contributed by atoms with Gasteiger partial charge < -0.3 is 19.0 Å². The molecule has 118 valence electrons. The van der Waals surface area contributed by atoms with Gasteiger partial charge in [-0.15, -0.1) is 0 Å². The summed E-state index contributed by atoms with van der Waals surface area (Å²) in [6, 6.07) is 1.34. The zero-order chi connectivity index (χ0) is 15.5. The summed E-state index contributed by atoms with van der Waals surface area (Å²) in [5.74, 6) is 1.60. The summed E-state index contributed by atoms with van der Waals surface area (Å²) in [5.41, 5.74) is 0.522. The quantitative estimate of drug-likeness (QED) is 0.931. The molecule has 1 aliphatic heterocycles. The predicted molar refractivity (Wildman–Crippen MR) is 76.2 cm³/mol. The maximum absolute atomic E-state index is 12.5. The number of nitrogens with one attached hydrogen (secondary N) is 1. The maximum atomic E-state index is 12.5. The normalized spacial score (nSPS) is 17.4. The topological polar surface area (TPSA) is 90.4 Å². The Morgan fingerprint density at radius 1 is 1.36 bits per heavy atom. The third-order valence-corrected chi connectivity index (χ3v) is 3.94. The predicted octanol–water partition coefficient (Wildman–Crippen LogP) is 2.18. The first-order chi connectivity index (χ1) is 10.6. The lowest BCUT2D eigenvalue weighted by molar-refractivity contribution is 0.0467. The van der Waals surface area contributed by atoms with E-state index in [4.69, 9.17) is 13.7 Å². The van der Waals surface area contributed by atoms with Crippen LogP contribution in [0.2, 0.25) is 0 Å². The first kappa shape index (κ1) is 14.8. The molecule has 0 radical (unpaired) electrons.